The van der Waals surface area contributed by atoms with Gasteiger partial charge in [0, 0.05) is 18.8 Å². The molecule has 1 fully saturated rings. The first-order valence-corrected chi connectivity index (χ1v) is 7.54. The van der Waals surface area contributed by atoms with Crippen molar-refractivity contribution >= 4 is 17.7 Å². The molecule has 1 atom stereocenters. The summed E-state index contributed by atoms with van der Waals surface area (Å²) in [5.74, 6) is -1.26. The van der Waals surface area contributed by atoms with Crippen molar-refractivity contribution in [1.82, 2.24) is 4.90 Å². The lowest BCUT2D eigenvalue weighted by Gasteiger charge is -2.30. The molecular formula is C16H20N2O3. The molecule has 1 aliphatic carbocycles. The third kappa shape index (κ3) is 3.01. The van der Waals surface area contributed by atoms with Crippen LogP contribution in [0.1, 0.15) is 30.4 Å². The van der Waals surface area contributed by atoms with Crippen LogP contribution in [0.2, 0.25) is 0 Å². The fraction of sp³-hybridized carbons (Fsp3) is 0.500. The first-order valence-electron chi connectivity index (χ1n) is 7.54. The van der Waals surface area contributed by atoms with Gasteiger partial charge in [0.2, 0.25) is 0 Å². The predicted octanol–water partition coefficient (Wildman–Crippen LogP) is 2.50. The molecule has 1 aromatic rings. The van der Waals surface area contributed by atoms with Gasteiger partial charge in [0.25, 0.3) is 0 Å². The fourth-order valence-corrected chi connectivity index (χ4v) is 3.22. The lowest BCUT2D eigenvalue weighted by atomic mass is 9.99. The van der Waals surface area contributed by atoms with Crippen LogP contribution in [0.25, 0.3) is 0 Å². The number of fused-ring (bicyclic) bond motifs is 1. The SMILES string of the molecule is O=C(O)C1CCCN(C(=O)Nc2ccc3c(c2)CCC3)C1. The van der Waals surface area contributed by atoms with Crippen LogP contribution >= 0.6 is 0 Å². The first-order chi connectivity index (χ1) is 10.1. The van der Waals surface area contributed by atoms with Gasteiger partial charge in [-0.3, -0.25) is 4.79 Å². The van der Waals surface area contributed by atoms with Crippen molar-refractivity contribution in [2.24, 2.45) is 5.92 Å². The van der Waals surface area contributed by atoms with E-state index in [-0.39, 0.29) is 6.03 Å². The zero-order chi connectivity index (χ0) is 14.8. The Morgan fingerprint density at radius 1 is 1.19 bits per heavy atom. The van der Waals surface area contributed by atoms with Gasteiger partial charge in [-0.25, -0.2) is 4.79 Å². The molecule has 1 unspecified atom stereocenters. The van der Waals surface area contributed by atoms with Crippen LogP contribution in [0.15, 0.2) is 18.2 Å². The number of piperidine rings is 1. The fourth-order valence-electron chi connectivity index (χ4n) is 3.22. The van der Waals surface area contributed by atoms with Gasteiger partial charge in [-0.05, 0) is 55.4 Å². The number of hydrogen-bond acceptors (Lipinski definition) is 2. The molecule has 5 nitrogen and oxygen atoms in total. The van der Waals surface area contributed by atoms with Crippen molar-refractivity contribution in [1.29, 1.82) is 0 Å². The van der Waals surface area contributed by atoms with Crippen LogP contribution in [0.3, 0.4) is 0 Å². The van der Waals surface area contributed by atoms with Crippen LogP contribution in [0.5, 0.6) is 0 Å². The molecule has 1 saturated heterocycles. The van der Waals surface area contributed by atoms with Gasteiger partial charge in [0.1, 0.15) is 0 Å². The van der Waals surface area contributed by atoms with Crippen LogP contribution < -0.4 is 5.32 Å². The smallest absolute Gasteiger partial charge is 0.321 e. The quantitative estimate of drug-likeness (QED) is 0.878. The highest BCUT2D eigenvalue weighted by atomic mass is 16.4. The topological polar surface area (TPSA) is 69.6 Å². The summed E-state index contributed by atoms with van der Waals surface area (Å²) in [6.07, 6.45) is 4.77. The molecule has 5 heteroatoms. The Morgan fingerprint density at radius 2 is 2.00 bits per heavy atom. The Balaban J connectivity index is 1.64. The number of nitrogens with one attached hydrogen (secondary N) is 1. The zero-order valence-corrected chi connectivity index (χ0v) is 12.0. The maximum absolute atomic E-state index is 12.3. The number of aryl methyl sites for hydroxylation is 2. The second-order valence-electron chi connectivity index (χ2n) is 5.89. The predicted molar refractivity (Wildman–Crippen MR) is 79.4 cm³/mol. The number of likely N-dealkylation sites (tertiary alicyclic amines) is 1. The van der Waals surface area contributed by atoms with Crippen molar-refractivity contribution < 1.29 is 14.7 Å². The van der Waals surface area contributed by atoms with Crippen molar-refractivity contribution in [2.45, 2.75) is 32.1 Å². The van der Waals surface area contributed by atoms with Gasteiger partial charge >= 0.3 is 12.0 Å². The second-order valence-corrected chi connectivity index (χ2v) is 5.89. The number of amides is 2. The number of carbonyl (C=O) groups is 2. The van der Waals surface area contributed by atoms with E-state index in [1.54, 1.807) is 4.90 Å². The molecule has 0 radical (unpaired) electrons. The summed E-state index contributed by atoms with van der Waals surface area (Å²) in [4.78, 5) is 24.9. The Kier molecular flexibility index (Phi) is 3.82. The summed E-state index contributed by atoms with van der Waals surface area (Å²) < 4.78 is 0. The lowest BCUT2D eigenvalue weighted by molar-refractivity contribution is -0.143. The monoisotopic (exact) mass is 288 g/mol. The van der Waals surface area contributed by atoms with Crippen LogP contribution in [-0.2, 0) is 17.6 Å². The van der Waals surface area contributed by atoms with E-state index in [1.165, 1.54) is 17.5 Å². The van der Waals surface area contributed by atoms with Crippen LogP contribution in [0, 0.1) is 5.92 Å². The van der Waals surface area contributed by atoms with E-state index >= 15 is 0 Å². The average Bonchev–Trinajstić information content (AvgIpc) is 2.95. The number of carboxylic acids is 1. The molecular weight excluding hydrogens is 268 g/mol. The largest absolute Gasteiger partial charge is 0.481 e. The molecule has 1 heterocycles. The zero-order valence-electron chi connectivity index (χ0n) is 12.0. The molecule has 21 heavy (non-hydrogen) atoms. The van der Waals surface area contributed by atoms with E-state index < -0.39 is 11.9 Å². The maximum Gasteiger partial charge on any atom is 0.321 e. The molecule has 0 spiro atoms. The number of anilines is 1. The highest BCUT2D eigenvalue weighted by molar-refractivity contribution is 5.90. The number of hydrogen-bond donors (Lipinski definition) is 2. The number of carboxylic acid groups (broad SMARTS) is 1. The molecule has 2 amide bonds. The lowest BCUT2D eigenvalue weighted by Crippen LogP contribution is -2.44. The van der Waals surface area contributed by atoms with Crippen molar-refractivity contribution in [3.63, 3.8) is 0 Å². The number of benzene rings is 1. The minimum absolute atomic E-state index is 0.195. The molecule has 2 aliphatic rings. The summed E-state index contributed by atoms with van der Waals surface area (Å²) >= 11 is 0. The molecule has 3 rings (SSSR count). The maximum atomic E-state index is 12.3. The number of carbonyl (C=O) groups excluding carboxylic acids is 1. The van der Waals surface area contributed by atoms with E-state index in [1.807, 2.05) is 12.1 Å². The highest BCUT2D eigenvalue weighted by Crippen LogP contribution is 2.25. The van der Waals surface area contributed by atoms with E-state index in [2.05, 4.69) is 11.4 Å². The Morgan fingerprint density at radius 3 is 2.81 bits per heavy atom. The van der Waals surface area contributed by atoms with Gasteiger partial charge < -0.3 is 15.3 Å². The molecule has 0 aromatic heterocycles. The van der Waals surface area contributed by atoms with Crippen LogP contribution in [0.4, 0.5) is 10.5 Å². The third-order valence-corrected chi connectivity index (χ3v) is 4.41. The number of nitrogens with zero attached hydrogens (tertiary/aromatic N) is 1. The van der Waals surface area contributed by atoms with Gasteiger partial charge in [0.15, 0.2) is 0 Å². The van der Waals surface area contributed by atoms with E-state index in [0.717, 1.165) is 24.9 Å². The Bertz CT molecular complexity index is 571. The molecule has 0 bridgehead atoms. The summed E-state index contributed by atoms with van der Waals surface area (Å²) in [5, 5.41) is 12.0. The number of urea groups is 1. The van der Waals surface area contributed by atoms with E-state index in [4.69, 9.17) is 5.11 Å². The summed E-state index contributed by atoms with van der Waals surface area (Å²) in [7, 11) is 0. The molecule has 112 valence electrons. The van der Waals surface area contributed by atoms with Crippen molar-refractivity contribution in [3.8, 4) is 0 Å². The minimum Gasteiger partial charge on any atom is -0.481 e. The van der Waals surface area contributed by atoms with E-state index in [9.17, 15) is 9.59 Å². The molecule has 1 aliphatic heterocycles. The molecule has 0 saturated carbocycles. The highest BCUT2D eigenvalue weighted by Gasteiger charge is 2.28. The van der Waals surface area contributed by atoms with Crippen molar-refractivity contribution in [3.05, 3.63) is 29.3 Å². The summed E-state index contributed by atoms with van der Waals surface area (Å²) in [6.45, 7) is 0.923. The summed E-state index contributed by atoms with van der Waals surface area (Å²) in [5.41, 5.74) is 3.49. The number of rotatable bonds is 2. The first kappa shape index (κ1) is 13.9. The minimum atomic E-state index is -0.815. The van der Waals surface area contributed by atoms with Crippen molar-refractivity contribution in [2.75, 3.05) is 18.4 Å². The Labute approximate surface area is 123 Å². The van der Waals surface area contributed by atoms with E-state index in [0.29, 0.717) is 19.5 Å². The standard InChI is InChI=1S/C16H20N2O3/c19-15(20)13-5-2-8-18(10-13)16(21)17-14-7-6-11-3-1-4-12(11)9-14/h6-7,9,13H,1-5,8,10H2,(H,17,21)(H,19,20). The second kappa shape index (κ2) is 5.76. The molecule has 2 N–H and O–H groups in total. The third-order valence-electron chi connectivity index (χ3n) is 4.41. The van der Waals surface area contributed by atoms with Gasteiger partial charge in [-0.15, -0.1) is 0 Å². The average molecular weight is 288 g/mol. The van der Waals surface area contributed by atoms with Gasteiger partial charge in [-0.1, -0.05) is 6.07 Å². The van der Waals surface area contributed by atoms with Gasteiger partial charge in [-0.2, -0.15) is 0 Å². The number of aliphatic carboxylic acids is 1. The van der Waals surface area contributed by atoms with Gasteiger partial charge in [0.05, 0.1) is 5.92 Å². The Hall–Kier alpha value is -2.04. The normalized spacial score (nSPS) is 21.0. The molecule has 1 aromatic carbocycles. The summed E-state index contributed by atoms with van der Waals surface area (Å²) in [6, 6.07) is 5.85. The van der Waals surface area contributed by atoms with Crippen LogP contribution in [-0.4, -0.2) is 35.1 Å².